The van der Waals surface area contributed by atoms with Crippen molar-refractivity contribution in [1.29, 1.82) is 0 Å². The first-order valence-electron chi connectivity index (χ1n) is 12.3. The van der Waals surface area contributed by atoms with Crippen LogP contribution in [0.4, 0.5) is 14.4 Å². The van der Waals surface area contributed by atoms with Gasteiger partial charge in [-0.15, -0.1) is 12.3 Å². The second-order valence-corrected chi connectivity index (χ2v) is 10.3. The molecule has 0 spiro atoms. The Kier molecular flexibility index (Phi) is 7.00. The van der Waals surface area contributed by atoms with Crippen LogP contribution in [-0.4, -0.2) is 52.2 Å². The van der Waals surface area contributed by atoms with Crippen molar-refractivity contribution < 1.29 is 26.0 Å². The molecule has 0 bridgehead atoms. The van der Waals surface area contributed by atoms with Crippen LogP contribution < -0.4 is 9.08 Å². The summed E-state index contributed by atoms with van der Waals surface area (Å²) in [6.45, 7) is 3.69. The van der Waals surface area contributed by atoms with E-state index in [4.69, 9.17) is 11.2 Å². The van der Waals surface area contributed by atoms with Crippen LogP contribution in [-0.2, 0) is 21.7 Å². The summed E-state index contributed by atoms with van der Waals surface area (Å²) in [5.74, 6) is 2.39. The number of hydrogen-bond donors (Lipinski definition) is 0. The Morgan fingerprint density at radius 1 is 1.03 bits per heavy atom. The molecule has 9 heteroatoms. The minimum Gasteiger partial charge on any atom is -0.448 e. The minimum atomic E-state index is -5.19. The third-order valence-corrected chi connectivity index (χ3v) is 7.48. The molecule has 3 aromatic carbocycles. The standard InChI is InChI=1S/C29H27FN2O5S/c1-3-8-21-17-27(20(2)28(18-21)37-38(30,34)35)31-13-15-32(16-14-31)29(33)36-19-26-24-11-6-4-9-22(24)23-10-5-7-12-25(23)26/h1,4-7,9-12,17-18,26H,8,13-16,19H2,2H3. The molecule has 1 saturated heterocycles. The Labute approximate surface area is 222 Å². The summed E-state index contributed by atoms with van der Waals surface area (Å²) in [5, 5.41) is 0. The highest BCUT2D eigenvalue weighted by molar-refractivity contribution is 7.81. The van der Waals surface area contributed by atoms with E-state index in [9.17, 15) is 17.1 Å². The fourth-order valence-corrected chi connectivity index (χ4v) is 5.67. The van der Waals surface area contributed by atoms with Crippen LogP contribution in [0.3, 0.4) is 0 Å². The number of benzene rings is 3. The summed E-state index contributed by atoms with van der Waals surface area (Å²) >= 11 is 0. The predicted octanol–water partition coefficient (Wildman–Crippen LogP) is 4.83. The Hall–Kier alpha value is -4.03. The van der Waals surface area contributed by atoms with Gasteiger partial charge in [-0.3, -0.25) is 0 Å². The van der Waals surface area contributed by atoms with Crippen molar-refractivity contribution >= 4 is 22.3 Å². The molecule has 7 nitrogen and oxygen atoms in total. The van der Waals surface area contributed by atoms with Crippen molar-refractivity contribution in [3.8, 4) is 29.2 Å². The topological polar surface area (TPSA) is 76.2 Å². The molecule has 0 N–H and O–H groups in total. The lowest BCUT2D eigenvalue weighted by molar-refractivity contribution is 0.0976. The van der Waals surface area contributed by atoms with E-state index in [1.165, 1.54) is 17.2 Å². The van der Waals surface area contributed by atoms with Crippen molar-refractivity contribution in [2.24, 2.45) is 0 Å². The van der Waals surface area contributed by atoms with Crippen molar-refractivity contribution in [1.82, 2.24) is 4.90 Å². The van der Waals surface area contributed by atoms with Gasteiger partial charge >= 0.3 is 16.6 Å². The molecule has 38 heavy (non-hydrogen) atoms. The largest absolute Gasteiger partial charge is 0.488 e. The number of halogens is 1. The predicted molar refractivity (Wildman–Crippen MR) is 143 cm³/mol. The summed E-state index contributed by atoms with van der Waals surface area (Å²) < 4.78 is 45.9. The smallest absolute Gasteiger partial charge is 0.448 e. The first-order chi connectivity index (χ1) is 18.2. The van der Waals surface area contributed by atoms with Crippen LogP contribution in [0.2, 0.25) is 0 Å². The maximum Gasteiger partial charge on any atom is 0.488 e. The fraction of sp³-hybridized carbons (Fsp3) is 0.276. The van der Waals surface area contributed by atoms with Crippen LogP contribution in [0.1, 0.15) is 28.2 Å². The van der Waals surface area contributed by atoms with Gasteiger partial charge in [-0.25, -0.2) is 4.79 Å². The molecule has 0 saturated carbocycles. The number of fused-ring (bicyclic) bond motifs is 3. The number of terminal acetylenes is 1. The van der Waals surface area contributed by atoms with E-state index in [2.05, 4.69) is 34.4 Å². The molecule has 3 aromatic rings. The number of ether oxygens (including phenoxy) is 1. The van der Waals surface area contributed by atoms with E-state index in [-0.39, 0.29) is 30.8 Å². The quantitative estimate of drug-likeness (QED) is 0.333. The van der Waals surface area contributed by atoms with Crippen LogP contribution in [0, 0.1) is 19.3 Å². The fourth-order valence-electron chi connectivity index (χ4n) is 5.29. The highest BCUT2D eigenvalue weighted by atomic mass is 32.3. The van der Waals surface area contributed by atoms with Gasteiger partial charge in [-0.1, -0.05) is 52.4 Å². The number of nitrogens with zero attached hydrogens (tertiary/aromatic N) is 2. The number of anilines is 1. The van der Waals surface area contributed by atoms with Crippen molar-refractivity contribution in [2.75, 3.05) is 37.7 Å². The first kappa shape index (κ1) is 25.6. The van der Waals surface area contributed by atoms with E-state index in [1.807, 2.05) is 35.2 Å². The van der Waals surface area contributed by atoms with Gasteiger partial charge in [-0.05, 0) is 46.9 Å². The molecule has 0 unspecified atom stereocenters. The SMILES string of the molecule is C#CCc1cc(OS(=O)(=O)F)c(C)c(N2CCN(C(=O)OCC3c4ccccc4-c4ccccc43)CC2)c1. The summed E-state index contributed by atoms with van der Waals surface area (Å²) in [6, 6.07) is 19.6. The highest BCUT2D eigenvalue weighted by Crippen LogP contribution is 2.44. The van der Waals surface area contributed by atoms with Crippen LogP contribution in [0.15, 0.2) is 60.7 Å². The molecular weight excluding hydrogens is 507 g/mol. The maximum absolute atomic E-state index is 13.3. The average molecular weight is 535 g/mol. The average Bonchev–Trinajstić information content (AvgIpc) is 3.22. The molecule has 5 rings (SSSR count). The second-order valence-electron chi connectivity index (χ2n) is 9.37. The van der Waals surface area contributed by atoms with Gasteiger partial charge in [0.1, 0.15) is 6.61 Å². The van der Waals surface area contributed by atoms with Crippen molar-refractivity contribution in [3.05, 3.63) is 82.9 Å². The van der Waals surface area contributed by atoms with E-state index in [0.29, 0.717) is 43.0 Å². The molecule has 2 aliphatic rings. The van der Waals surface area contributed by atoms with Gasteiger partial charge in [0, 0.05) is 49.8 Å². The molecule has 1 fully saturated rings. The first-order valence-corrected chi connectivity index (χ1v) is 13.6. The molecule has 0 aromatic heterocycles. The number of piperazine rings is 1. The molecule has 1 heterocycles. The lowest BCUT2D eigenvalue weighted by atomic mass is 9.98. The summed E-state index contributed by atoms with van der Waals surface area (Å²) in [4.78, 5) is 16.6. The van der Waals surface area contributed by atoms with Crippen LogP contribution in [0.5, 0.6) is 5.75 Å². The number of rotatable bonds is 6. The van der Waals surface area contributed by atoms with E-state index >= 15 is 0 Å². The lowest BCUT2D eigenvalue weighted by Gasteiger charge is -2.36. The zero-order valence-electron chi connectivity index (χ0n) is 20.9. The van der Waals surface area contributed by atoms with Gasteiger partial charge in [0.2, 0.25) is 0 Å². The Bertz CT molecular complexity index is 1480. The Morgan fingerprint density at radius 3 is 2.21 bits per heavy atom. The number of hydrogen-bond acceptors (Lipinski definition) is 6. The third-order valence-electron chi connectivity index (χ3n) is 7.10. The van der Waals surface area contributed by atoms with Crippen LogP contribution >= 0.6 is 0 Å². The zero-order chi connectivity index (χ0) is 26.9. The van der Waals surface area contributed by atoms with Crippen LogP contribution in [0.25, 0.3) is 11.1 Å². The van der Waals surface area contributed by atoms with Gasteiger partial charge in [0.25, 0.3) is 0 Å². The lowest BCUT2D eigenvalue weighted by Crippen LogP contribution is -2.49. The normalized spacial score (nSPS) is 15.0. The van der Waals surface area contributed by atoms with Gasteiger partial charge in [0.05, 0.1) is 0 Å². The number of amides is 1. The van der Waals surface area contributed by atoms with Gasteiger partial charge in [0.15, 0.2) is 5.75 Å². The molecular formula is C29H27FN2O5S. The monoisotopic (exact) mass is 534 g/mol. The minimum absolute atomic E-state index is 0.0145. The van der Waals surface area contributed by atoms with Gasteiger partial charge in [-0.2, -0.15) is 8.42 Å². The number of carbonyl (C=O) groups excluding carboxylic acids is 1. The van der Waals surface area contributed by atoms with Crippen molar-refractivity contribution in [2.45, 2.75) is 19.3 Å². The maximum atomic E-state index is 13.3. The third kappa shape index (κ3) is 5.18. The van der Waals surface area contributed by atoms with E-state index in [0.717, 1.165) is 11.1 Å². The Morgan fingerprint density at radius 2 is 1.63 bits per heavy atom. The molecule has 1 aliphatic heterocycles. The summed E-state index contributed by atoms with van der Waals surface area (Å²) in [6.07, 6.45) is 5.28. The second kappa shape index (κ2) is 10.4. The molecule has 1 aliphatic carbocycles. The van der Waals surface area contributed by atoms with Gasteiger partial charge < -0.3 is 18.7 Å². The van der Waals surface area contributed by atoms with E-state index < -0.39 is 10.5 Å². The zero-order valence-corrected chi connectivity index (χ0v) is 21.7. The van der Waals surface area contributed by atoms with E-state index in [1.54, 1.807) is 11.8 Å². The highest BCUT2D eigenvalue weighted by Gasteiger charge is 2.31. The molecule has 196 valence electrons. The summed E-state index contributed by atoms with van der Waals surface area (Å²) in [5.41, 5.74) is 6.44. The number of carbonyl (C=O) groups is 1. The molecule has 1 amide bonds. The summed E-state index contributed by atoms with van der Waals surface area (Å²) in [7, 11) is -5.19. The Balaban J connectivity index is 1.25. The molecule has 0 radical (unpaired) electrons. The molecule has 0 atom stereocenters. The van der Waals surface area contributed by atoms with Crippen molar-refractivity contribution in [3.63, 3.8) is 0 Å².